The summed E-state index contributed by atoms with van der Waals surface area (Å²) in [5.41, 5.74) is 7.57. The van der Waals surface area contributed by atoms with Crippen LogP contribution in [0.3, 0.4) is 0 Å². The minimum Gasteiger partial charge on any atom is -0.389 e. The second-order valence-electron chi connectivity index (χ2n) is 4.39. The summed E-state index contributed by atoms with van der Waals surface area (Å²) in [5.74, 6) is 0. The van der Waals surface area contributed by atoms with Crippen molar-refractivity contribution in [2.24, 2.45) is 5.73 Å². The summed E-state index contributed by atoms with van der Waals surface area (Å²) in [6.45, 7) is 2.18. The van der Waals surface area contributed by atoms with Gasteiger partial charge in [0.1, 0.15) is 4.99 Å². The molecule has 0 fully saturated rings. The largest absolute Gasteiger partial charge is 0.389 e. The van der Waals surface area contributed by atoms with Crippen LogP contribution in [0.2, 0.25) is 0 Å². The quantitative estimate of drug-likeness (QED) is 0.790. The summed E-state index contributed by atoms with van der Waals surface area (Å²) in [6, 6.07) is 10.6. The zero-order valence-corrected chi connectivity index (χ0v) is 13.7. The molecule has 19 heavy (non-hydrogen) atoms. The van der Waals surface area contributed by atoms with Crippen molar-refractivity contribution in [3.05, 3.63) is 50.6 Å². The van der Waals surface area contributed by atoms with Crippen LogP contribution in [0.5, 0.6) is 0 Å². The summed E-state index contributed by atoms with van der Waals surface area (Å²) in [4.78, 5) is 1.80. The molecule has 3 N–H and O–H groups in total. The van der Waals surface area contributed by atoms with Crippen LogP contribution in [-0.2, 0) is 6.42 Å². The van der Waals surface area contributed by atoms with E-state index < -0.39 is 0 Å². The van der Waals surface area contributed by atoms with Gasteiger partial charge in [0.05, 0.1) is 0 Å². The van der Waals surface area contributed by atoms with Crippen molar-refractivity contribution in [1.82, 2.24) is 0 Å². The lowest BCUT2D eigenvalue weighted by Crippen LogP contribution is -2.18. The molecule has 1 unspecified atom stereocenters. The van der Waals surface area contributed by atoms with Crippen molar-refractivity contribution in [1.29, 1.82) is 0 Å². The van der Waals surface area contributed by atoms with E-state index in [2.05, 4.69) is 45.7 Å². The lowest BCUT2D eigenvalue weighted by atomic mass is 10.1. The number of rotatable bonds is 5. The van der Waals surface area contributed by atoms with Gasteiger partial charge in [-0.3, -0.25) is 0 Å². The van der Waals surface area contributed by atoms with Crippen LogP contribution >= 0.6 is 39.5 Å². The van der Waals surface area contributed by atoms with E-state index >= 15 is 0 Å². The van der Waals surface area contributed by atoms with Gasteiger partial charge in [-0.2, -0.15) is 0 Å². The monoisotopic (exact) mass is 354 g/mol. The maximum absolute atomic E-state index is 5.64. The third-order valence-electron chi connectivity index (χ3n) is 2.74. The number of hydrogen-bond donors (Lipinski definition) is 2. The molecule has 0 aliphatic rings. The Morgan fingerprint density at radius 3 is 2.84 bits per heavy atom. The fraction of sp³-hybridized carbons (Fsp3) is 0.214. The molecule has 0 aliphatic heterocycles. The second-order valence-corrected chi connectivity index (χ2v) is 6.71. The van der Waals surface area contributed by atoms with Gasteiger partial charge >= 0.3 is 0 Å². The molecule has 1 aromatic carbocycles. The molecule has 0 bridgehead atoms. The summed E-state index contributed by atoms with van der Waals surface area (Å²) in [6.07, 6.45) is 1.02. The highest BCUT2D eigenvalue weighted by molar-refractivity contribution is 9.10. The van der Waals surface area contributed by atoms with E-state index in [1.165, 1.54) is 4.88 Å². The first kappa shape index (κ1) is 14.5. The Kier molecular flexibility index (Phi) is 4.96. The number of benzene rings is 1. The normalized spacial score (nSPS) is 12.1. The lowest BCUT2D eigenvalue weighted by Gasteiger charge is -2.15. The van der Waals surface area contributed by atoms with Gasteiger partial charge in [-0.25, -0.2) is 0 Å². The molecule has 1 heterocycles. The average molecular weight is 355 g/mol. The molecule has 0 saturated carbocycles. The van der Waals surface area contributed by atoms with Crippen LogP contribution in [0.4, 0.5) is 5.69 Å². The van der Waals surface area contributed by atoms with Gasteiger partial charge in [-0.15, -0.1) is 11.3 Å². The van der Waals surface area contributed by atoms with Crippen molar-refractivity contribution >= 4 is 50.2 Å². The Morgan fingerprint density at radius 1 is 1.47 bits per heavy atom. The number of halogens is 1. The van der Waals surface area contributed by atoms with Crippen molar-refractivity contribution in [3.63, 3.8) is 0 Å². The van der Waals surface area contributed by atoms with Gasteiger partial charge in [0.2, 0.25) is 0 Å². The highest BCUT2D eigenvalue weighted by atomic mass is 79.9. The lowest BCUT2D eigenvalue weighted by molar-refractivity contribution is 0.800. The number of thiocarbonyl (C=S) groups is 1. The Morgan fingerprint density at radius 2 is 2.26 bits per heavy atom. The fourth-order valence-electron chi connectivity index (χ4n) is 1.87. The smallest absolute Gasteiger partial charge is 0.105 e. The van der Waals surface area contributed by atoms with Crippen LogP contribution < -0.4 is 11.1 Å². The first-order valence-electron chi connectivity index (χ1n) is 5.94. The van der Waals surface area contributed by atoms with E-state index in [-0.39, 0.29) is 0 Å². The summed E-state index contributed by atoms with van der Waals surface area (Å²) >= 11 is 10.3. The SMILES string of the molecule is CC(Cc1cccs1)Nc1ccc(C(N)=S)c(Br)c1. The van der Waals surface area contributed by atoms with Gasteiger partial charge in [-0.05, 0) is 52.5 Å². The molecule has 1 atom stereocenters. The molecular formula is C14H15BrN2S2. The number of nitrogens with two attached hydrogens (primary N) is 1. The van der Waals surface area contributed by atoms with Crippen molar-refractivity contribution in [2.75, 3.05) is 5.32 Å². The van der Waals surface area contributed by atoms with Crippen molar-refractivity contribution < 1.29 is 0 Å². The van der Waals surface area contributed by atoms with Crippen LogP contribution in [0.25, 0.3) is 0 Å². The van der Waals surface area contributed by atoms with E-state index in [0.717, 1.165) is 22.1 Å². The molecule has 2 nitrogen and oxygen atoms in total. The van der Waals surface area contributed by atoms with Gasteiger partial charge in [-0.1, -0.05) is 18.3 Å². The van der Waals surface area contributed by atoms with E-state index in [1.807, 2.05) is 18.2 Å². The first-order chi connectivity index (χ1) is 9.06. The molecule has 5 heteroatoms. The Balaban J connectivity index is 2.03. The molecule has 0 spiro atoms. The summed E-state index contributed by atoms with van der Waals surface area (Å²) in [7, 11) is 0. The molecule has 0 saturated heterocycles. The molecule has 0 aliphatic carbocycles. The number of anilines is 1. The average Bonchev–Trinajstić information content (AvgIpc) is 2.81. The topological polar surface area (TPSA) is 38.0 Å². The Bertz CT molecular complexity index is 567. The van der Waals surface area contributed by atoms with Crippen molar-refractivity contribution in [2.45, 2.75) is 19.4 Å². The van der Waals surface area contributed by atoms with E-state index in [1.54, 1.807) is 11.3 Å². The van der Waals surface area contributed by atoms with Crippen LogP contribution in [0.15, 0.2) is 40.2 Å². The fourth-order valence-corrected chi connectivity index (χ4v) is 3.61. The van der Waals surface area contributed by atoms with Gasteiger partial charge < -0.3 is 11.1 Å². The number of nitrogens with one attached hydrogen (secondary N) is 1. The summed E-state index contributed by atoms with van der Waals surface area (Å²) in [5, 5.41) is 5.59. The Hall–Kier alpha value is -0.910. The molecule has 2 aromatic rings. The molecular weight excluding hydrogens is 340 g/mol. The van der Waals surface area contributed by atoms with Gasteiger partial charge in [0.15, 0.2) is 0 Å². The second kappa shape index (κ2) is 6.50. The van der Waals surface area contributed by atoms with Crippen LogP contribution in [-0.4, -0.2) is 11.0 Å². The van der Waals surface area contributed by atoms with Crippen molar-refractivity contribution in [3.8, 4) is 0 Å². The summed E-state index contributed by atoms with van der Waals surface area (Å²) < 4.78 is 0.924. The standard InChI is InChI=1S/C14H15BrN2S2/c1-9(7-11-3-2-6-19-11)17-10-4-5-12(14(16)18)13(15)8-10/h2-6,8-9,17H,7H2,1H3,(H2,16,18). The minimum absolute atomic E-state index is 0.376. The van der Waals surface area contributed by atoms with Gasteiger partial charge in [0, 0.05) is 33.1 Å². The highest BCUT2D eigenvalue weighted by Gasteiger charge is 2.07. The van der Waals surface area contributed by atoms with E-state index in [0.29, 0.717) is 11.0 Å². The molecule has 2 rings (SSSR count). The van der Waals surface area contributed by atoms with E-state index in [9.17, 15) is 0 Å². The van der Waals surface area contributed by atoms with Crippen LogP contribution in [0, 0.1) is 0 Å². The number of hydrogen-bond acceptors (Lipinski definition) is 3. The van der Waals surface area contributed by atoms with Gasteiger partial charge in [0.25, 0.3) is 0 Å². The van der Waals surface area contributed by atoms with Crippen LogP contribution in [0.1, 0.15) is 17.4 Å². The first-order valence-corrected chi connectivity index (χ1v) is 8.02. The predicted molar refractivity (Wildman–Crippen MR) is 91.1 cm³/mol. The highest BCUT2D eigenvalue weighted by Crippen LogP contribution is 2.22. The van der Waals surface area contributed by atoms with E-state index in [4.69, 9.17) is 18.0 Å². The molecule has 1 aromatic heterocycles. The molecule has 0 amide bonds. The zero-order valence-electron chi connectivity index (χ0n) is 10.5. The third kappa shape index (κ3) is 4.03. The number of thiophene rings is 1. The minimum atomic E-state index is 0.376. The molecule has 0 radical (unpaired) electrons. The molecule has 100 valence electrons. The maximum atomic E-state index is 5.64. The zero-order chi connectivity index (χ0) is 13.8. The third-order valence-corrected chi connectivity index (χ3v) is 4.51. The Labute approximate surface area is 131 Å². The maximum Gasteiger partial charge on any atom is 0.105 e. The predicted octanol–water partition coefficient (Wildman–Crippen LogP) is 4.19.